The van der Waals surface area contributed by atoms with E-state index in [1.54, 1.807) is 41.3 Å². The van der Waals surface area contributed by atoms with Crippen LogP contribution >= 0.6 is 0 Å². The zero-order valence-electron chi connectivity index (χ0n) is 19.2. The summed E-state index contributed by atoms with van der Waals surface area (Å²) in [5.74, 6) is 1.05. The highest BCUT2D eigenvalue weighted by Gasteiger charge is 2.37. The van der Waals surface area contributed by atoms with Gasteiger partial charge in [-0.1, -0.05) is 6.08 Å². The number of carbonyl (C=O) groups is 1. The molecule has 1 aliphatic heterocycles. The van der Waals surface area contributed by atoms with Gasteiger partial charge in [-0.15, -0.1) is 6.58 Å². The van der Waals surface area contributed by atoms with Crippen molar-refractivity contribution < 1.29 is 22.7 Å². The summed E-state index contributed by atoms with van der Waals surface area (Å²) in [6.45, 7) is 13.9. The molecule has 0 saturated heterocycles. The van der Waals surface area contributed by atoms with E-state index in [9.17, 15) is 13.2 Å². The van der Waals surface area contributed by atoms with Crippen molar-refractivity contribution in [1.29, 1.82) is 0 Å². The van der Waals surface area contributed by atoms with E-state index in [-0.39, 0.29) is 17.4 Å². The van der Waals surface area contributed by atoms with E-state index in [0.717, 1.165) is 11.1 Å². The second-order valence-corrected chi connectivity index (χ2v) is 10.2. The minimum atomic E-state index is -3.84. The Morgan fingerprint density at radius 2 is 1.88 bits per heavy atom. The van der Waals surface area contributed by atoms with Crippen LogP contribution in [0.3, 0.4) is 0 Å². The number of ether oxygens (including phenoxy) is 2. The summed E-state index contributed by atoms with van der Waals surface area (Å²) in [7, 11) is -3.84. The van der Waals surface area contributed by atoms with Gasteiger partial charge in [0.25, 0.3) is 10.0 Å². The molecule has 7 nitrogen and oxygen atoms in total. The molecule has 0 saturated carbocycles. The van der Waals surface area contributed by atoms with Gasteiger partial charge in [-0.25, -0.2) is 8.42 Å². The molecule has 0 radical (unpaired) electrons. The molecule has 0 spiro atoms. The molecule has 0 bridgehead atoms. The van der Waals surface area contributed by atoms with E-state index in [1.807, 2.05) is 34.6 Å². The van der Waals surface area contributed by atoms with E-state index in [1.165, 1.54) is 0 Å². The third-order valence-electron chi connectivity index (χ3n) is 5.26. The number of nitrogens with zero attached hydrogens (tertiary/aromatic N) is 1. The van der Waals surface area contributed by atoms with Crippen LogP contribution in [0.1, 0.15) is 31.9 Å². The summed E-state index contributed by atoms with van der Waals surface area (Å²) in [5.41, 5.74) is 1.70. The van der Waals surface area contributed by atoms with Crippen LogP contribution in [0.15, 0.2) is 47.9 Å². The highest BCUT2D eigenvalue weighted by molar-refractivity contribution is 7.92. The zero-order chi connectivity index (χ0) is 23.7. The van der Waals surface area contributed by atoms with Crippen molar-refractivity contribution in [2.24, 2.45) is 5.41 Å². The molecule has 2 aromatic carbocycles. The Morgan fingerprint density at radius 1 is 1.22 bits per heavy atom. The number of nitrogens with one attached hydrogen (secondary N) is 1. The molecular formula is C24H30N2O5S. The predicted octanol–water partition coefficient (Wildman–Crippen LogP) is 4.44. The van der Waals surface area contributed by atoms with E-state index < -0.39 is 15.4 Å². The second kappa shape index (κ2) is 8.86. The van der Waals surface area contributed by atoms with E-state index in [2.05, 4.69) is 11.3 Å². The normalized spacial score (nSPS) is 15.4. The van der Waals surface area contributed by atoms with Gasteiger partial charge >= 0.3 is 0 Å². The van der Waals surface area contributed by atoms with Crippen LogP contribution < -0.4 is 19.1 Å². The van der Waals surface area contributed by atoms with E-state index in [4.69, 9.17) is 9.47 Å². The molecule has 0 aliphatic carbocycles. The summed E-state index contributed by atoms with van der Waals surface area (Å²) in [5, 5.41) is 0. The van der Waals surface area contributed by atoms with Crippen molar-refractivity contribution in [2.75, 3.05) is 29.4 Å². The minimum Gasteiger partial charge on any atom is -0.493 e. The standard InChI is InChI=1S/C24H30N2O5S/c1-7-11-26-20-10-9-18(14-21(20)31-15-24(5,6)23(26)27)25-32(28,29)19-12-16(3)22(30-8-2)17(4)13-19/h7,9-10,12-14,25H,1,8,11,15H2,2-6H3. The van der Waals surface area contributed by atoms with Crippen LogP contribution in [0.5, 0.6) is 11.5 Å². The number of hydrogen-bond donors (Lipinski definition) is 1. The van der Waals surface area contributed by atoms with Gasteiger partial charge in [-0.3, -0.25) is 9.52 Å². The molecule has 3 rings (SSSR count). The highest BCUT2D eigenvalue weighted by atomic mass is 32.2. The van der Waals surface area contributed by atoms with Gasteiger partial charge in [-0.2, -0.15) is 0 Å². The number of rotatable bonds is 7. The summed E-state index contributed by atoms with van der Waals surface area (Å²) < 4.78 is 40.3. The Bertz CT molecular complexity index is 1130. The van der Waals surface area contributed by atoms with Crippen LogP contribution in [0, 0.1) is 19.3 Å². The van der Waals surface area contributed by atoms with Gasteiger partial charge in [-0.05, 0) is 70.0 Å². The third kappa shape index (κ3) is 4.60. The Morgan fingerprint density at radius 3 is 2.47 bits per heavy atom. The number of carbonyl (C=O) groups excluding carboxylic acids is 1. The van der Waals surface area contributed by atoms with Gasteiger partial charge in [0.15, 0.2) is 0 Å². The van der Waals surface area contributed by atoms with Gasteiger partial charge in [0.1, 0.15) is 18.1 Å². The molecule has 1 aliphatic rings. The summed E-state index contributed by atoms with van der Waals surface area (Å²) in [6.07, 6.45) is 1.65. The maximum Gasteiger partial charge on any atom is 0.261 e. The Kier molecular flexibility index (Phi) is 6.55. The first-order valence-corrected chi connectivity index (χ1v) is 11.9. The third-order valence-corrected chi connectivity index (χ3v) is 6.62. The van der Waals surface area contributed by atoms with Crippen LogP contribution in [-0.2, 0) is 14.8 Å². The van der Waals surface area contributed by atoms with Crippen molar-refractivity contribution in [2.45, 2.75) is 39.5 Å². The van der Waals surface area contributed by atoms with Crippen LogP contribution in [0.4, 0.5) is 11.4 Å². The molecule has 1 heterocycles. The van der Waals surface area contributed by atoms with E-state index >= 15 is 0 Å². The molecule has 32 heavy (non-hydrogen) atoms. The van der Waals surface area contributed by atoms with Crippen LogP contribution in [-0.4, -0.2) is 34.1 Å². The lowest BCUT2D eigenvalue weighted by Gasteiger charge is -2.27. The van der Waals surface area contributed by atoms with Gasteiger partial charge in [0.05, 0.1) is 28.3 Å². The van der Waals surface area contributed by atoms with Crippen molar-refractivity contribution >= 4 is 27.3 Å². The fraction of sp³-hybridized carbons (Fsp3) is 0.375. The summed E-state index contributed by atoms with van der Waals surface area (Å²) in [4.78, 5) is 14.7. The van der Waals surface area contributed by atoms with Gasteiger partial charge in [0, 0.05) is 12.6 Å². The lowest BCUT2D eigenvalue weighted by Crippen LogP contribution is -2.42. The average Bonchev–Trinajstić information content (AvgIpc) is 2.80. The molecular weight excluding hydrogens is 428 g/mol. The average molecular weight is 459 g/mol. The quantitative estimate of drug-likeness (QED) is 0.620. The maximum absolute atomic E-state index is 13.1. The fourth-order valence-electron chi connectivity index (χ4n) is 3.67. The number of amides is 1. The largest absolute Gasteiger partial charge is 0.493 e. The van der Waals surface area contributed by atoms with Crippen LogP contribution in [0.2, 0.25) is 0 Å². The lowest BCUT2D eigenvalue weighted by molar-refractivity contribution is -0.127. The van der Waals surface area contributed by atoms with Crippen molar-refractivity contribution in [3.63, 3.8) is 0 Å². The van der Waals surface area contributed by atoms with Gasteiger partial charge in [0.2, 0.25) is 5.91 Å². The molecule has 8 heteroatoms. The number of anilines is 2. The topological polar surface area (TPSA) is 84.9 Å². The molecule has 1 N–H and O–H groups in total. The van der Waals surface area contributed by atoms with Crippen molar-refractivity contribution in [3.05, 3.63) is 54.1 Å². The smallest absolute Gasteiger partial charge is 0.261 e. The molecule has 2 aromatic rings. The predicted molar refractivity (Wildman–Crippen MR) is 126 cm³/mol. The van der Waals surface area contributed by atoms with Crippen LogP contribution in [0.25, 0.3) is 0 Å². The van der Waals surface area contributed by atoms with Crippen molar-refractivity contribution in [3.8, 4) is 11.5 Å². The summed E-state index contributed by atoms with van der Waals surface area (Å²) >= 11 is 0. The number of hydrogen-bond acceptors (Lipinski definition) is 5. The fourth-order valence-corrected chi connectivity index (χ4v) is 4.89. The lowest BCUT2D eigenvalue weighted by atomic mass is 9.93. The monoisotopic (exact) mass is 458 g/mol. The number of fused-ring (bicyclic) bond motifs is 1. The summed E-state index contributed by atoms with van der Waals surface area (Å²) in [6, 6.07) is 8.09. The Labute approximate surface area is 190 Å². The highest BCUT2D eigenvalue weighted by Crippen LogP contribution is 2.38. The first-order chi connectivity index (χ1) is 15.0. The minimum absolute atomic E-state index is 0.0789. The molecule has 0 fully saturated rings. The molecule has 0 unspecified atom stereocenters. The SMILES string of the molecule is C=CCN1C(=O)C(C)(C)COc2cc(NS(=O)(=O)c3cc(C)c(OCC)c(C)c3)ccc21. The number of sulfonamides is 1. The van der Waals surface area contributed by atoms with Gasteiger partial charge < -0.3 is 14.4 Å². The molecule has 1 amide bonds. The Balaban J connectivity index is 1.95. The Hall–Kier alpha value is -3.00. The van der Waals surface area contributed by atoms with E-state index in [0.29, 0.717) is 36.0 Å². The number of benzene rings is 2. The zero-order valence-corrected chi connectivity index (χ0v) is 20.0. The van der Waals surface area contributed by atoms with Crippen molar-refractivity contribution in [1.82, 2.24) is 0 Å². The first-order valence-electron chi connectivity index (χ1n) is 10.5. The number of aryl methyl sites for hydroxylation is 2. The second-order valence-electron chi connectivity index (χ2n) is 8.48. The first kappa shape index (κ1) is 23.7. The molecule has 0 atom stereocenters. The molecule has 0 aromatic heterocycles. The maximum atomic E-state index is 13.1. The molecule has 172 valence electrons.